The Hall–Kier alpha value is -1.71. The molecule has 2 N–H and O–H groups in total. The number of nitrogens with two attached hydrogens (primary N) is 1. The van der Waals surface area contributed by atoms with Crippen molar-refractivity contribution in [3.05, 3.63) is 11.5 Å². The van der Waals surface area contributed by atoms with Gasteiger partial charge in [0.05, 0.1) is 5.92 Å². The molecule has 1 aromatic rings. The SMILES string of the molecule is N#Cc1c(N)nc2n1CC(C(F)(F)F)CC2. The molecule has 16 heavy (non-hydrogen) atoms. The summed E-state index contributed by atoms with van der Waals surface area (Å²) in [5.74, 6) is -0.935. The Morgan fingerprint density at radius 3 is 2.75 bits per heavy atom. The van der Waals surface area contributed by atoms with Crippen molar-refractivity contribution >= 4 is 5.82 Å². The molecule has 4 nitrogen and oxygen atoms in total. The number of halogens is 3. The third kappa shape index (κ3) is 1.60. The van der Waals surface area contributed by atoms with E-state index in [1.807, 2.05) is 0 Å². The number of imidazole rings is 1. The molecule has 2 rings (SSSR count). The van der Waals surface area contributed by atoms with Crippen LogP contribution in [-0.4, -0.2) is 15.7 Å². The highest BCUT2D eigenvalue weighted by atomic mass is 19.4. The van der Waals surface area contributed by atoms with Gasteiger partial charge in [0.25, 0.3) is 0 Å². The van der Waals surface area contributed by atoms with Crippen LogP contribution in [0.2, 0.25) is 0 Å². The molecular weight excluding hydrogens is 221 g/mol. The van der Waals surface area contributed by atoms with Gasteiger partial charge in [0, 0.05) is 13.0 Å². The van der Waals surface area contributed by atoms with Crippen molar-refractivity contribution in [3.63, 3.8) is 0 Å². The van der Waals surface area contributed by atoms with Crippen molar-refractivity contribution in [1.29, 1.82) is 5.26 Å². The molecule has 0 radical (unpaired) electrons. The molecular formula is C9H9F3N4. The smallest absolute Gasteiger partial charge is 0.381 e. The summed E-state index contributed by atoms with van der Waals surface area (Å²) < 4.78 is 38.9. The largest absolute Gasteiger partial charge is 0.393 e. The first kappa shape index (κ1) is 10.8. The van der Waals surface area contributed by atoms with Crippen LogP contribution in [0.3, 0.4) is 0 Å². The van der Waals surface area contributed by atoms with Crippen molar-refractivity contribution < 1.29 is 13.2 Å². The number of hydrogen-bond acceptors (Lipinski definition) is 3. The van der Waals surface area contributed by atoms with Gasteiger partial charge < -0.3 is 10.3 Å². The van der Waals surface area contributed by atoms with Gasteiger partial charge in [-0.2, -0.15) is 18.4 Å². The van der Waals surface area contributed by atoms with Gasteiger partial charge in [0.2, 0.25) is 0 Å². The molecule has 0 saturated carbocycles. The maximum absolute atomic E-state index is 12.5. The summed E-state index contributed by atoms with van der Waals surface area (Å²) >= 11 is 0. The molecule has 0 saturated heterocycles. The summed E-state index contributed by atoms with van der Waals surface area (Å²) in [5.41, 5.74) is 5.48. The average Bonchev–Trinajstić information content (AvgIpc) is 2.50. The van der Waals surface area contributed by atoms with Crippen molar-refractivity contribution in [2.45, 2.75) is 25.6 Å². The van der Waals surface area contributed by atoms with E-state index in [1.54, 1.807) is 6.07 Å². The van der Waals surface area contributed by atoms with Gasteiger partial charge in [-0.3, -0.25) is 0 Å². The molecule has 0 fully saturated rings. The molecule has 7 heteroatoms. The summed E-state index contributed by atoms with van der Waals surface area (Å²) in [6.07, 6.45) is -4.02. The lowest BCUT2D eigenvalue weighted by atomic mass is 9.99. The number of alkyl halides is 3. The van der Waals surface area contributed by atoms with E-state index in [0.717, 1.165) is 0 Å². The topological polar surface area (TPSA) is 67.6 Å². The van der Waals surface area contributed by atoms with Crippen LogP contribution < -0.4 is 5.73 Å². The number of anilines is 1. The fourth-order valence-corrected chi connectivity index (χ4v) is 1.91. The number of aromatic nitrogens is 2. The van der Waals surface area contributed by atoms with Crippen LogP contribution in [0.15, 0.2) is 0 Å². The maximum atomic E-state index is 12.5. The molecule has 2 heterocycles. The summed E-state index contributed by atoms with van der Waals surface area (Å²) in [4.78, 5) is 3.89. The predicted octanol–water partition coefficient (Wildman–Crippen LogP) is 1.46. The van der Waals surface area contributed by atoms with Crippen LogP contribution in [0.5, 0.6) is 0 Å². The highest BCUT2D eigenvalue weighted by molar-refractivity contribution is 5.46. The van der Waals surface area contributed by atoms with Crippen molar-refractivity contribution in [2.75, 3.05) is 5.73 Å². The van der Waals surface area contributed by atoms with Crippen LogP contribution in [-0.2, 0) is 13.0 Å². The number of aryl methyl sites for hydroxylation is 1. The monoisotopic (exact) mass is 230 g/mol. The van der Waals surface area contributed by atoms with Crippen LogP contribution in [0.1, 0.15) is 17.9 Å². The lowest BCUT2D eigenvalue weighted by Gasteiger charge is -2.25. The molecule has 0 amide bonds. The Kier molecular flexibility index (Phi) is 2.30. The fourth-order valence-electron chi connectivity index (χ4n) is 1.91. The molecule has 0 aliphatic carbocycles. The molecule has 1 aliphatic heterocycles. The Bertz CT molecular complexity index is 455. The Balaban J connectivity index is 2.37. The standard InChI is InChI=1S/C9H9F3N4/c10-9(11,12)5-1-2-7-15-8(14)6(3-13)16(7)4-5/h5H,1-2,4,14H2. The van der Waals surface area contributed by atoms with E-state index in [4.69, 9.17) is 11.0 Å². The number of nitrogens with zero attached hydrogens (tertiary/aromatic N) is 3. The second-order valence-electron chi connectivity index (χ2n) is 3.76. The van der Waals surface area contributed by atoms with Gasteiger partial charge in [0.15, 0.2) is 11.5 Å². The molecule has 1 unspecified atom stereocenters. The first-order valence-electron chi connectivity index (χ1n) is 4.75. The number of fused-ring (bicyclic) bond motifs is 1. The third-order valence-corrected chi connectivity index (χ3v) is 2.76. The molecule has 1 aliphatic rings. The van der Waals surface area contributed by atoms with Gasteiger partial charge in [0.1, 0.15) is 11.9 Å². The molecule has 0 spiro atoms. The molecule has 86 valence electrons. The minimum Gasteiger partial charge on any atom is -0.381 e. The number of nitriles is 1. The van der Waals surface area contributed by atoms with E-state index in [0.29, 0.717) is 5.82 Å². The minimum atomic E-state index is -4.23. The van der Waals surface area contributed by atoms with E-state index in [9.17, 15) is 13.2 Å². The van der Waals surface area contributed by atoms with Gasteiger partial charge >= 0.3 is 6.18 Å². The fraction of sp³-hybridized carbons (Fsp3) is 0.556. The Labute approximate surface area is 89.5 Å². The molecule has 0 aromatic carbocycles. The Morgan fingerprint density at radius 1 is 1.50 bits per heavy atom. The van der Waals surface area contributed by atoms with Gasteiger partial charge in [-0.05, 0) is 6.42 Å². The van der Waals surface area contributed by atoms with Crippen LogP contribution in [0.25, 0.3) is 0 Å². The zero-order chi connectivity index (χ0) is 11.9. The normalized spacial score (nSPS) is 20.2. The van der Waals surface area contributed by atoms with Crippen LogP contribution in [0.4, 0.5) is 19.0 Å². The molecule has 1 aromatic heterocycles. The van der Waals surface area contributed by atoms with Gasteiger partial charge in [-0.25, -0.2) is 4.98 Å². The zero-order valence-corrected chi connectivity index (χ0v) is 8.25. The third-order valence-electron chi connectivity index (χ3n) is 2.76. The maximum Gasteiger partial charge on any atom is 0.393 e. The first-order chi connectivity index (χ1) is 7.43. The number of nitrogen functional groups attached to an aromatic ring is 1. The quantitative estimate of drug-likeness (QED) is 0.733. The highest BCUT2D eigenvalue weighted by Crippen LogP contribution is 2.35. The van der Waals surface area contributed by atoms with E-state index in [-0.39, 0.29) is 30.9 Å². The van der Waals surface area contributed by atoms with Gasteiger partial charge in [-0.15, -0.1) is 0 Å². The van der Waals surface area contributed by atoms with Crippen LogP contribution >= 0.6 is 0 Å². The lowest BCUT2D eigenvalue weighted by molar-refractivity contribution is -0.182. The summed E-state index contributed by atoms with van der Waals surface area (Å²) in [7, 11) is 0. The highest BCUT2D eigenvalue weighted by Gasteiger charge is 2.42. The number of rotatable bonds is 0. The second-order valence-corrected chi connectivity index (χ2v) is 3.76. The van der Waals surface area contributed by atoms with Crippen molar-refractivity contribution in [3.8, 4) is 6.07 Å². The van der Waals surface area contributed by atoms with E-state index in [2.05, 4.69) is 4.98 Å². The predicted molar refractivity (Wildman–Crippen MR) is 49.2 cm³/mol. The van der Waals surface area contributed by atoms with Crippen molar-refractivity contribution in [2.24, 2.45) is 5.92 Å². The summed E-state index contributed by atoms with van der Waals surface area (Å²) in [6, 6.07) is 1.78. The summed E-state index contributed by atoms with van der Waals surface area (Å²) in [6.45, 7) is -0.258. The lowest BCUT2D eigenvalue weighted by Crippen LogP contribution is -2.32. The number of hydrogen-bond donors (Lipinski definition) is 1. The Morgan fingerprint density at radius 2 is 2.19 bits per heavy atom. The summed E-state index contributed by atoms with van der Waals surface area (Å²) in [5, 5.41) is 8.78. The van der Waals surface area contributed by atoms with E-state index < -0.39 is 12.1 Å². The zero-order valence-electron chi connectivity index (χ0n) is 8.25. The van der Waals surface area contributed by atoms with E-state index in [1.165, 1.54) is 4.57 Å². The van der Waals surface area contributed by atoms with E-state index >= 15 is 0 Å². The van der Waals surface area contributed by atoms with Gasteiger partial charge in [-0.1, -0.05) is 0 Å². The molecule has 0 bridgehead atoms. The molecule has 1 atom stereocenters. The first-order valence-corrected chi connectivity index (χ1v) is 4.75. The second kappa shape index (κ2) is 3.40. The van der Waals surface area contributed by atoms with Crippen LogP contribution in [0, 0.1) is 17.2 Å². The minimum absolute atomic E-state index is 0.00478. The average molecular weight is 230 g/mol. The van der Waals surface area contributed by atoms with Crippen molar-refractivity contribution in [1.82, 2.24) is 9.55 Å².